The molecule has 0 bridgehead atoms. The first-order valence-electron chi connectivity index (χ1n) is 14.1. The van der Waals surface area contributed by atoms with Gasteiger partial charge in [0.25, 0.3) is 0 Å². The molecular formula is C28H34ClN7O3. The van der Waals surface area contributed by atoms with Crippen LogP contribution < -0.4 is 15.7 Å². The number of carbonyl (C=O) groups excluding carboxylic acids is 1. The van der Waals surface area contributed by atoms with Crippen molar-refractivity contribution in [3.8, 4) is 11.3 Å². The van der Waals surface area contributed by atoms with Gasteiger partial charge in [-0.15, -0.1) is 5.48 Å². The van der Waals surface area contributed by atoms with Crippen molar-refractivity contribution >= 4 is 34.7 Å². The molecule has 10 nitrogen and oxygen atoms in total. The van der Waals surface area contributed by atoms with Crippen LogP contribution in [0.25, 0.3) is 22.3 Å². The van der Waals surface area contributed by atoms with Crippen molar-refractivity contribution < 1.29 is 14.4 Å². The van der Waals surface area contributed by atoms with Crippen molar-refractivity contribution in [3.05, 3.63) is 35.2 Å². The number of hydroxylamine groups is 1. The highest BCUT2D eigenvalue weighted by molar-refractivity contribution is 6.30. The lowest BCUT2D eigenvalue weighted by molar-refractivity contribution is 0.121. The molecule has 3 aliphatic heterocycles. The summed E-state index contributed by atoms with van der Waals surface area (Å²) in [4.78, 5) is 34.0. The molecule has 1 amide bonds. The molecular weight excluding hydrogens is 518 g/mol. The highest BCUT2D eigenvalue weighted by Crippen LogP contribution is 2.43. The number of aromatic nitrogens is 4. The van der Waals surface area contributed by atoms with Crippen LogP contribution in [0.2, 0.25) is 5.02 Å². The molecule has 1 aliphatic carbocycles. The first-order chi connectivity index (χ1) is 19.0. The third-order valence-corrected chi connectivity index (χ3v) is 9.23. The molecule has 1 spiro atoms. The molecule has 11 heteroatoms. The summed E-state index contributed by atoms with van der Waals surface area (Å²) in [6.07, 6.45) is 10.5. The largest absolute Gasteiger partial charge is 0.427 e. The fraction of sp³-hybridized carbons (Fsp3) is 0.571. The molecule has 1 saturated carbocycles. The Hall–Kier alpha value is -2.95. The first-order valence-corrected chi connectivity index (χ1v) is 14.5. The summed E-state index contributed by atoms with van der Waals surface area (Å²) in [6.45, 7) is 5.72. The number of pyridine rings is 2. The van der Waals surface area contributed by atoms with E-state index >= 15 is 0 Å². The monoisotopic (exact) mass is 551 g/mol. The number of imidazole rings is 1. The van der Waals surface area contributed by atoms with Crippen LogP contribution in [0.3, 0.4) is 0 Å². The van der Waals surface area contributed by atoms with Crippen LogP contribution >= 0.6 is 11.6 Å². The summed E-state index contributed by atoms with van der Waals surface area (Å²) in [5.41, 5.74) is 6.71. The number of nitrogens with one attached hydrogen (secondary N) is 2. The number of ether oxygens (including phenoxy) is 1. The molecule has 4 fully saturated rings. The summed E-state index contributed by atoms with van der Waals surface area (Å²) in [6, 6.07) is 3.85. The Kier molecular flexibility index (Phi) is 6.36. The predicted octanol–water partition coefficient (Wildman–Crippen LogP) is 4.98. The van der Waals surface area contributed by atoms with Gasteiger partial charge in [0, 0.05) is 37.7 Å². The number of anilines is 1. The van der Waals surface area contributed by atoms with Gasteiger partial charge in [0.15, 0.2) is 6.17 Å². The van der Waals surface area contributed by atoms with Gasteiger partial charge in [-0.1, -0.05) is 31.4 Å². The lowest BCUT2D eigenvalue weighted by Crippen LogP contribution is -2.46. The molecule has 0 aromatic carbocycles. The number of nitrogens with zero attached hydrogens (tertiary/aromatic N) is 5. The average Bonchev–Trinajstić information content (AvgIpc) is 3.73. The number of fused-ring (bicyclic) bond motifs is 1. The van der Waals surface area contributed by atoms with Crippen LogP contribution in [0.4, 0.5) is 10.7 Å². The van der Waals surface area contributed by atoms with Crippen LogP contribution in [0.15, 0.2) is 24.5 Å². The fourth-order valence-electron chi connectivity index (χ4n) is 6.88. The number of halogens is 1. The molecule has 6 heterocycles. The van der Waals surface area contributed by atoms with E-state index in [2.05, 4.69) is 32.2 Å². The quantitative estimate of drug-likeness (QED) is 0.457. The maximum absolute atomic E-state index is 11.8. The standard InChI is InChI=1S/C28H34ClN7O3/c1-17-3-5-18(6-4-17)15-35-24-21(32-26(35)36-9-2-7-28(36)8-10-38-16-28)12-22(25-33-27(37)39-34-25)31-23(24)19-11-20(29)14-30-13-19/h11-14,17-18,25,34H,2-10,15-16H2,1H3,(H,33,37). The maximum atomic E-state index is 11.8. The Morgan fingerprint density at radius 2 is 2.03 bits per heavy atom. The minimum absolute atomic E-state index is 0.0109. The van der Waals surface area contributed by atoms with Crippen molar-refractivity contribution in [1.82, 2.24) is 30.3 Å². The maximum Gasteiger partial charge on any atom is 0.427 e. The Morgan fingerprint density at radius 1 is 1.15 bits per heavy atom. The molecule has 3 aromatic rings. The van der Waals surface area contributed by atoms with Gasteiger partial charge < -0.3 is 19.0 Å². The van der Waals surface area contributed by atoms with Crippen molar-refractivity contribution in [2.75, 3.05) is 24.7 Å². The van der Waals surface area contributed by atoms with Gasteiger partial charge in [0.2, 0.25) is 5.95 Å². The second-order valence-corrected chi connectivity index (χ2v) is 12.1. The third-order valence-electron chi connectivity index (χ3n) is 9.03. The SMILES string of the molecule is CC1CCC(Cn2c(N3CCCC34CCOC4)nc3cc(C4NOC(=O)N4)nc(-c4cncc(Cl)c4)c32)CC1. The van der Waals surface area contributed by atoms with Crippen LogP contribution in [0.5, 0.6) is 0 Å². The van der Waals surface area contributed by atoms with Gasteiger partial charge in [0.1, 0.15) is 0 Å². The van der Waals surface area contributed by atoms with Crippen molar-refractivity contribution in [1.29, 1.82) is 0 Å². The van der Waals surface area contributed by atoms with E-state index in [1.54, 1.807) is 12.4 Å². The molecule has 3 saturated heterocycles. The smallest absolute Gasteiger partial charge is 0.379 e. The van der Waals surface area contributed by atoms with Gasteiger partial charge >= 0.3 is 6.09 Å². The topological polar surface area (TPSA) is 106 Å². The van der Waals surface area contributed by atoms with E-state index in [4.69, 9.17) is 31.1 Å². The molecule has 4 aliphatic rings. The zero-order chi connectivity index (χ0) is 26.6. The van der Waals surface area contributed by atoms with Gasteiger partial charge in [-0.2, -0.15) is 0 Å². The molecule has 39 heavy (non-hydrogen) atoms. The molecule has 3 aromatic heterocycles. The Balaban J connectivity index is 1.42. The second kappa shape index (κ2) is 9.91. The van der Waals surface area contributed by atoms with Gasteiger partial charge in [0.05, 0.1) is 39.6 Å². The molecule has 0 radical (unpaired) electrons. The molecule has 2 atom stereocenters. The molecule has 2 unspecified atom stereocenters. The summed E-state index contributed by atoms with van der Waals surface area (Å²) in [5, 5.41) is 3.31. The van der Waals surface area contributed by atoms with Crippen LogP contribution in [0.1, 0.15) is 63.7 Å². The molecule has 2 N–H and O–H groups in total. The van der Waals surface area contributed by atoms with Crippen molar-refractivity contribution in [3.63, 3.8) is 0 Å². The fourth-order valence-corrected chi connectivity index (χ4v) is 7.06. The van der Waals surface area contributed by atoms with Crippen LogP contribution in [0, 0.1) is 11.8 Å². The number of rotatable bonds is 5. The average molecular weight is 552 g/mol. The van der Waals surface area contributed by atoms with Gasteiger partial charge in [-0.3, -0.25) is 10.3 Å². The van der Waals surface area contributed by atoms with E-state index < -0.39 is 12.3 Å². The minimum atomic E-state index is -0.581. The van der Waals surface area contributed by atoms with Gasteiger partial charge in [-0.25, -0.2) is 14.8 Å². The van der Waals surface area contributed by atoms with E-state index in [-0.39, 0.29) is 5.54 Å². The highest BCUT2D eigenvalue weighted by Gasteiger charge is 2.46. The van der Waals surface area contributed by atoms with E-state index in [0.29, 0.717) is 16.6 Å². The lowest BCUT2D eigenvalue weighted by Gasteiger charge is -2.36. The zero-order valence-corrected chi connectivity index (χ0v) is 22.9. The van der Waals surface area contributed by atoms with E-state index in [1.165, 1.54) is 25.7 Å². The summed E-state index contributed by atoms with van der Waals surface area (Å²) >= 11 is 6.41. The van der Waals surface area contributed by atoms with E-state index in [0.717, 1.165) is 79.7 Å². The molecule has 206 valence electrons. The number of carbonyl (C=O) groups is 1. The van der Waals surface area contributed by atoms with E-state index in [9.17, 15) is 4.79 Å². The van der Waals surface area contributed by atoms with Gasteiger partial charge in [-0.05, 0) is 56.1 Å². The minimum Gasteiger partial charge on any atom is -0.379 e. The van der Waals surface area contributed by atoms with Crippen molar-refractivity contribution in [2.24, 2.45) is 11.8 Å². The van der Waals surface area contributed by atoms with Crippen LogP contribution in [-0.2, 0) is 16.1 Å². The predicted molar refractivity (Wildman–Crippen MR) is 147 cm³/mol. The second-order valence-electron chi connectivity index (χ2n) is 11.7. The normalized spacial score (nSPS) is 28.9. The summed E-state index contributed by atoms with van der Waals surface area (Å²) < 4.78 is 8.34. The van der Waals surface area contributed by atoms with Crippen molar-refractivity contribution in [2.45, 2.75) is 70.1 Å². The first kappa shape index (κ1) is 25.0. The summed E-state index contributed by atoms with van der Waals surface area (Å²) in [7, 11) is 0. The molecule has 7 rings (SSSR count). The third kappa shape index (κ3) is 4.52. The van der Waals surface area contributed by atoms with Crippen LogP contribution in [-0.4, -0.2) is 50.9 Å². The summed E-state index contributed by atoms with van der Waals surface area (Å²) in [5.74, 6) is 2.35. The Labute approximate surface area is 232 Å². The number of hydrogen-bond donors (Lipinski definition) is 2. The number of hydrogen-bond acceptors (Lipinski definition) is 8. The Morgan fingerprint density at radius 3 is 2.77 bits per heavy atom. The lowest BCUT2D eigenvalue weighted by atomic mass is 9.83. The Bertz CT molecular complexity index is 1390. The zero-order valence-electron chi connectivity index (χ0n) is 22.2. The van der Waals surface area contributed by atoms with E-state index in [1.807, 2.05) is 12.1 Å². The highest BCUT2D eigenvalue weighted by atomic mass is 35.5. The number of amides is 1.